The molecule has 0 bridgehead atoms. The number of amides is 1. The molecule has 31 heavy (non-hydrogen) atoms. The van der Waals surface area contributed by atoms with E-state index < -0.39 is 15.4 Å². The number of nitrogens with one attached hydrogen (secondary N) is 2. The van der Waals surface area contributed by atoms with Crippen LogP contribution in [-0.2, 0) is 32.5 Å². The Kier molecular flexibility index (Phi) is 7.78. The van der Waals surface area contributed by atoms with Gasteiger partial charge in [-0.05, 0) is 55.5 Å². The van der Waals surface area contributed by atoms with Gasteiger partial charge < -0.3 is 5.32 Å². The third-order valence-electron chi connectivity index (χ3n) is 5.77. The van der Waals surface area contributed by atoms with Crippen molar-refractivity contribution >= 4 is 27.5 Å². The highest BCUT2D eigenvalue weighted by Crippen LogP contribution is 2.40. The average molecular weight is 463 g/mol. The molecule has 1 saturated carbocycles. The van der Waals surface area contributed by atoms with Crippen molar-refractivity contribution in [2.75, 3.05) is 0 Å². The Balaban J connectivity index is 1.67. The topological polar surface area (TPSA) is 75.3 Å². The summed E-state index contributed by atoms with van der Waals surface area (Å²) in [4.78, 5) is 13.3. The lowest BCUT2D eigenvalue weighted by Gasteiger charge is -2.36. The van der Waals surface area contributed by atoms with Crippen LogP contribution in [0.5, 0.6) is 0 Å². The van der Waals surface area contributed by atoms with Gasteiger partial charge in [0.25, 0.3) is 0 Å². The minimum absolute atomic E-state index is 0.0299. The zero-order valence-electron chi connectivity index (χ0n) is 18.2. The van der Waals surface area contributed by atoms with Gasteiger partial charge in [-0.25, -0.2) is 13.1 Å². The van der Waals surface area contributed by atoms with Crippen molar-refractivity contribution in [3.8, 4) is 0 Å². The number of carbonyl (C=O) groups is 1. The first-order valence-electron chi connectivity index (χ1n) is 10.8. The SMILES string of the molecule is CC(C)NS(=O)(=O)Cc1ccc(CNC(=O)C2(c3cccc(Cl)c3)CCCCC2)cc1. The molecular formula is C24H31ClN2O3S. The van der Waals surface area contributed by atoms with Crippen molar-refractivity contribution in [2.45, 2.75) is 69.7 Å². The van der Waals surface area contributed by atoms with E-state index in [0.717, 1.165) is 43.2 Å². The summed E-state index contributed by atoms with van der Waals surface area (Å²) < 4.78 is 26.8. The molecule has 7 heteroatoms. The maximum Gasteiger partial charge on any atom is 0.230 e. The fourth-order valence-electron chi connectivity index (χ4n) is 4.31. The van der Waals surface area contributed by atoms with E-state index in [4.69, 9.17) is 11.6 Å². The van der Waals surface area contributed by atoms with Crippen molar-refractivity contribution in [3.63, 3.8) is 0 Å². The summed E-state index contributed by atoms with van der Waals surface area (Å²) in [6, 6.07) is 14.8. The average Bonchev–Trinajstić information content (AvgIpc) is 2.72. The molecule has 0 unspecified atom stereocenters. The number of rotatable bonds is 8. The minimum Gasteiger partial charge on any atom is -0.351 e. The molecule has 0 heterocycles. The second-order valence-corrected chi connectivity index (χ2v) is 10.9. The smallest absolute Gasteiger partial charge is 0.230 e. The van der Waals surface area contributed by atoms with Gasteiger partial charge >= 0.3 is 0 Å². The third kappa shape index (κ3) is 6.31. The normalized spacial score (nSPS) is 16.3. The van der Waals surface area contributed by atoms with Crippen LogP contribution in [0.15, 0.2) is 48.5 Å². The number of sulfonamides is 1. The van der Waals surface area contributed by atoms with Gasteiger partial charge in [0.05, 0.1) is 11.2 Å². The van der Waals surface area contributed by atoms with Crippen LogP contribution < -0.4 is 10.0 Å². The van der Waals surface area contributed by atoms with Crippen LogP contribution in [0.3, 0.4) is 0 Å². The second kappa shape index (κ2) is 10.2. The van der Waals surface area contributed by atoms with Crippen LogP contribution in [-0.4, -0.2) is 20.4 Å². The summed E-state index contributed by atoms with van der Waals surface area (Å²) in [6.45, 7) is 4.00. The highest BCUT2D eigenvalue weighted by Gasteiger charge is 2.41. The van der Waals surface area contributed by atoms with Gasteiger partial charge in [-0.15, -0.1) is 0 Å². The van der Waals surface area contributed by atoms with Gasteiger partial charge in [-0.2, -0.15) is 0 Å². The van der Waals surface area contributed by atoms with E-state index in [0.29, 0.717) is 17.1 Å². The molecule has 0 spiro atoms. The van der Waals surface area contributed by atoms with E-state index >= 15 is 0 Å². The van der Waals surface area contributed by atoms with Gasteiger partial charge in [-0.1, -0.05) is 67.3 Å². The molecule has 1 fully saturated rings. The fourth-order valence-corrected chi connectivity index (χ4v) is 5.94. The first-order valence-corrected chi connectivity index (χ1v) is 12.9. The first-order chi connectivity index (χ1) is 14.7. The van der Waals surface area contributed by atoms with Crippen LogP contribution >= 0.6 is 11.6 Å². The summed E-state index contributed by atoms with van der Waals surface area (Å²) in [7, 11) is -3.36. The lowest BCUT2D eigenvalue weighted by Crippen LogP contribution is -2.45. The maximum absolute atomic E-state index is 13.3. The number of halogens is 1. The van der Waals surface area contributed by atoms with Crippen LogP contribution in [0, 0.1) is 0 Å². The Morgan fingerprint density at radius 1 is 1.03 bits per heavy atom. The number of hydrogen-bond acceptors (Lipinski definition) is 3. The predicted molar refractivity (Wildman–Crippen MR) is 125 cm³/mol. The van der Waals surface area contributed by atoms with Crippen molar-refractivity contribution in [2.24, 2.45) is 0 Å². The minimum atomic E-state index is -3.36. The molecule has 2 aromatic rings. The van der Waals surface area contributed by atoms with Crippen molar-refractivity contribution in [1.82, 2.24) is 10.0 Å². The lowest BCUT2D eigenvalue weighted by atomic mass is 9.68. The Labute approximate surface area is 190 Å². The number of hydrogen-bond donors (Lipinski definition) is 2. The van der Waals surface area contributed by atoms with Crippen molar-refractivity contribution < 1.29 is 13.2 Å². The Morgan fingerprint density at radius 3 is 2.29 bits per heavy atom. The molecule has 0 aromatic heterocycles. The van der Waals surface area contributed by atoms with E-state index in [1.165, 1.54) is 0 Å². The molecule has 1 aliphatic rings. The maximum atomic E-state index is 13.3. The molecule has 0 saturated heterocycles. The van der Waals surface area contributed by atoms with Crippen molar-refractivity contribution in [1.29, 1.82) is 0 Å². The molecule has 168 valence electrons. The number of carbonyl (C=O) groups excluding carboxylic acids is 1. The van der Waals surface area contributed by atoms with Crippen molar-refractivity contribution in [3.05, 3.63) is 70.2 Å². The highest BCUT2D eigenvalue weighted by molar-refractivity contribution is 7.88. The van der Waals surface area contributed by atoms with Gasteiger partial charge in [0.1, 0.15) is 0 Å². The fraction of sp³-hybridized carbons (Fsp3) is 0.458. The standard InChI is InChI=1S/C24H31ClN2O3S/c1-18(2)27-31(29,30)17-20-11-9-19(10-12-20)16-26-23(28)24(13-4-3-5-14-24)21-7-6-8-22(25)15-21/h6-12,15,18,27H,3-5,13-14,16-17H2,1-2H3,(H,26,28). The van der Waals surface area contributed by atoms with E-state index in [9.17, 15) is 13.2 Å². The second-order valence-electron chi connectivity index (χ2n) is 8.68. The monoisotopic (exact) mass is 462 g/mol. The van der Waals surface area contributed by atoms with Gasteiger partial charge in [0.2, 0.25) is 15.9 Å². The molecule has 0 atom stereocenters. The van der Waals surface area contributed by atoms with E-state index in [2.05, 4.69) is 10.0 Å². The predicted octanol–water partition coefficient (Wildman–Crippen LogP) is 4.69. The van der Waals surface area contributed by atoms with Crippen LogP contribution in [0.25, 0.3) is 0 Å². The van der Waals surface area contributed by atoms with Crippen LogP contribution in [0.2, 0.25) is 5.02 Å². The summed E-state index contributed by atoms with van der Waals surface area (Å²) in [5.74, 6) is -0.0300. The molecule has 0 radical (unpaired) electrons. The quantitative estimate of drug-likeness (QED) is 0.597. The Morgan fingerprint density at radius 2 is 1.68 bits per heavy atom. The summed E-state index contributed by atoms with van der Waals surface area (Å²) in [5.41, 5.74) is 2.09. The van der Waals surface area contributed by atoms with E-state index in [1.54, 1.807) is 26.0 Å². The highest BCUT2D eigenvalue weighted by atomic mass is 35.5. The van der Waals surface area contributed by atoms with Gasteiger partial charge in [0, 0.05) is 17.6 Å². The molecule has 1 aliphatic carbocycles. The van der Waals surface area contributed by atoms with E-state index in [1.807, 2.05) is 36.4 Å². The molecule has 1 amide bonds. The largest absolute Gasteiger partial charge is 0.351 e. The van der Waals surface area contributed by atoms with E-state index in [-0.39, 0.29) is 17.7 Å². The number of benzene rings is 2. The summed E-state index contributed by atoms with van der Waals surface area (Å²) in [6.07, 6.45) is 4.82. The van der Waals surface area contributed by atoms with Gasteiger partial charge in [0.15, 0.2) is 0 Å². The Hall–Kier alpha value is -1.89. The summed E-state index contributed by atoms with van der Waals surface area (Å²) in [5, 5.41) is 3.75. The first kappa shape index (κ1) is 23.8. The molecular weight excluding hydrogens is 432 g/mol. The molecule has 5 nitrogen and oxygen atoms in total. The Bertz CT molecular complexity index is 998. The molecule has 0 aliphatic heterocycles. The lowest BCUT2D eigenvalue weighted by molar-refractivity contribution is -0.128. The zero-order chi connectivity index (χ0) is 22.5. The summed E-state index contributed by atoms with van der Waals surface area (Å²) >= 11 is 6.21. The molecule has 2 N–H and O–H groups in total. The molecule has 3 rings (SSSR count). The van der Waals surface area contributed by atoms with Crippen LogP contribution in [0.4, 0.5) is 0 Å². The zero-order valence-corrected chi connectivity index (χ0v) is 19.7. The third-order valence-corrected chi connectivity index (χ3v) is 7.55. The van der Waals surface area contributed by atoms with Gasteiger partial charge in [-0.3, -0.25) is 4.79 Å². The molecule has 2 aromatic carbocycles. The van der Waals surface area contributed by atoms with Crippen LogP contribution in [0.1, 0.15) is 62.6 Å².